The lowest BCUT2D eigenvalue weighted by molar-refractivity contribution is -0.223. The smallest absolute Gasteiger partial charge is 0.400 e. The molecule has 0 atom stereocenters. The minimum Gasteiger partial charge on any atom is -0.463 e. The molecule has 226 valence electrons. The van der Waals surface area contributed by atoms with E-state index in [9.17, 15) is 26.7 Å². The summed E-state index contributed by atoms with van der Waals surface area (Å²) >= 11 is 0. The largest absolute Gasteiger partial charge is 0.463 e. The number of carbonyl (C=O) groups excluding carboxylic acids is 1. The summed E-state index contributed by atoms with van der Waals surface area (Å²) in [4.78, 5) is 12.0. The van der Waals surface area contributed by atoms with Gasteiger partial charge >= 0.3 is 18.3 Å². The van der Waals surface area contributed by atoms with Gasteiger partial charge in [-0.2, -0.15) is 22.0 Å². The summed E-state index contributed by atoms with van der Waals surface area (Å²) in [6.45, 7) is 0.289. The van der Waals surface area contributed by atoms with E-state index in [0.717, 1.165) is 24.8 Å². The van der Waals surface area contributed by atoms with Gasteiger partial charge in [-0.05, 0) is 105 Å². The summed E-state index contributed by atoms with van der Waals surface area (Å²) in [5.74, 6) is -1.43. The average molecular weight is 583 g/mol. The van der Waals surface area contributed by atoms with Crippen LogP contribution in [-0.4, -0.2) is 24.9 Å². The van der Waals surface area contributed by atoms with Crippen LogP contribution in [0.15, 0.2) is 48.5 Å². The summed E-state index contributed by atoms with van der Waals surface area (Å²) in [5.41, 5.74) is 14.6. The quantitative estimate of drug-likeness (QED) is 0.0769. The van der Waals surface area contributed by atoms with Gasteiger partial charge < -0.3 is 20.9 Å². The van der Waals surface area contributed by atoms with Gasteiger partial charge in [-0.25, -0.2) is 4.79 Å². The number of alkyl halides is 5. The maximum Gasteiger partial charge on any atom is 0.400 e. The molecule has 5 nitrogen and oxygen atoms in total. The first-order valence-corrected chi connectivity index (χ1v) is 14.1. The van der Waals surface area contributed by atoms with Crippen molar-refractivity contribution < 1.29 is 36.2 Å². The molecule has 0 bridgehead atoms. The van der Waals surface area contributed by atoms with Crippen LogP contribution in [0.5, 0.6) is 5.75 Å². The molecule has 3 rings (SSSR count). The fourth-order valence-corrected chi connectivity index (χ4v) is 5.09. The zero-order valence-electron chi connectivity index (χ0n) is 23.1. The van der Waals surface area contributed by atoms with Crippen LogP contribution in [0.2, 0.25) is 0 Å². The van der Waals surface area contributed by atoms with Crippen molar-refractivity contribution in [3.8, 4) is 5.75 Å². The molecule has 1 aliphatic rings. The van der Waals surface area contributed by atoms with E-state index in [1.165, 1.54) is 24.3 Å². The Morgan fingerprint density at radius 2 is 1.61 bits per heavy atom. The summed E-state index contributed by atoms with van der Waals surface area (Å²) in [7, 11) is 0. The average Bonchev–Trinajstić information content (AvgIpc) is 2.90. The number of hydrogen-bond donors (Lipinski definition) is 2. The molecule has 10 heteroatoms. The van der Waals surface area contributed by atoms with Crippen LogP contribution in [0, 0.1) is 11.8 Å². The summed E-state index contributed by atoms with van der Waals surface area (Å²) in [6, 6.07) is 11.4. The van der Waals surface area contributed by atoms with E-state index in [4.69, 9.17) is 20.9 Å². The topological polar surface area (TPSA) is 87.6 Å². The Bertz CT molecular complexity index is 1130. The fourth-order valence-electron chi connectivity index (χ4n) is 5.09. The van der Waals surface area contributed by atoms with Crippen LogP contribution in [-0.2, 0) is 16.0 Å². The number of nitrogen functional groups attached to an aromatic ring is 2. The molecule has 2 aromatic carbocycles. The van der Waals surface area contributed by atoms with Crippen LogP contribution in [0.25, 0.3) is 6.08 Å². The summed E-state index contributed by atoms with van der Waals surface area (Å²) in [6.07, 6.45) is -0.443. The summed E-state index contributed by atoms with van der Waals surface area (Å²) in [5, 5.41) is 0. The Morgan fingerprint density at radius 3 is 2.27 bits per heavy atom. The lowest BCUT2D eigenvalue weighted by atomic mass is 9.79. The molecule has 0 aromatic heterocycles. The maximum absolute atomic E-state index is 14.7. The molecule has 41 heavy (non-hydrogen) atoms. The summed E-state index contributed by atoms with van der Waals surface area (Å²) < 4.78 is 76.7. The molecule has 0 saturated heterocycles. The minimum atomic E-state index is -4.18. The molecule has 0 heterocycles. The Kier molecular flexibility index (Phi) is 11.8. The van der Waals surface area contributed by atoms with Gasteiger partial charge in [0.05, 0.1) is 12.5 Å². The number of benzene rings is 2. The molecular formula is C31H39F5N2O3. The molecule has 0 unspecified atom stereocenters. The monoisotopic (exact) mass is 582 g/mol. The molecule has 1 aliphatic carbocycles. The predicted octanol–water partition coefficient (Wildman–Crippen LogP) is 8.33. The first kappa shape index (κ1) is 32.2. The highest BCUT2D eigenvalue weighted by Crippen LogP contribution is 2.41. The van der Waals surface area contributed by atoms with E-state index in [1.54, 1.807) is 18.2 Å². The van der Waals surface area contributed by atoms with Crippen molar-refractivity contribution in [2.24, 2.45) is 11.8 Å². The second kappa shape index (κ2) is 15.1. The minimum absolute atomic E-state index is 0.00255. The Morgan fingerprint density at radius 1 is 0.902 bits per heavy atom. The number of ether oxygens (including phenoxy) is 2. The first-order valence-electron chi connectivity index (χ1n) is 14.1. The zero-order valence-corrected chi connectivity index (χ0v) is 23.1. The molecule has 0 spiro atoms. The van der Waals surface area contributed by atoms with E-state index in [2.05, 4.69) is 0 Å². The zero-order chi connectivity index (χ0) is 29.9. The number of rotatable bonds is 14. The molecule has 0 aliphatic heterocycles. The second-order valence-corrected chi connectivity index (χ2v) is 10.7. The van der Waals surface area contributed by atoms with Crippen molar-refractivity contribution in [1.29, 1.82) is 0 Å². The van der Waals surface area contributed by atoms with Crippen molar-refractivity contribution in [2.45, 2.75) is 82.9 Å². The van der Waals surface area contributed by atoms with Crippen molar-refractivity contribution >= 4 is 23.4 Å². The third-order valence-electron chi connectivity index (χ3n) is 7.45. The van der Waals surface area contributed by atoms with Gasteiger partial charge in [-0.15, -0.1) is 0 Å². The van der Waals surface area contributed by atoms with Gasteiger partial charge in [0.25, 0.3) is 0 Å². The normalized spacial score (nSPS) is 18.0. The van der Waals surface area contributed by atoms with Gasteiger partial charge in [0.15, 0.2) is 0 Å². The van der Waals surface area contributed by atoms with Gasteiger partial charge in [-0.3, -0.25) is 0 Å². The van der Waals surface area contributed by atoms with Gasteiger partial charge in [0.2, 0.25) is 0 Å². The van der Waals surface area contributed by atoms with Crippen LogP contribution in [0.3, 0.4) is 0 Å². The lowest BCUT2D eigenvalue weighted by Gasteiger charge is -2.33. The van der Waals surface area contributed by atoms with Crippen molar-refractivity contribution in [1.82, 2.24) is 0 Å². The van der Waals surface area contributed by atoms with Crippen molar-refractivity contribution in [2.75, 3.05) is 18.1 Å². The Hall–Kier alpha value is -3.30. The number of anilines is 2. The van der Waals surface area contributed by atoms with Crippen LogP contribution < -0.4 is 16.2 Å². The number of hydrogen-bond acceptors (Lipinski definition) is 5. The highest BCUT2D eigenvalue weighted by molar-refractivity contribution is 5.87. The lowest BCUT2D eigenvalue weighted by Crippen LogP contribution is -2.37. The third kappa shape index (κ3) is 11.6. The molecule has 0 radical (unpaired) electrons. The number of halogens is 5. The van der Waals surface area contributed by atoms with E-state index in [1.807, 2.05) is 12.1 Å². The van der Waals surface area contributed by atoms with Gasteiger partial charge in [0, 0.05) is 23.9 Å². The first-order chi connectivity index (χ1) is 19.4. The van der Waals surface area contributed by atoms with Crippen molar-refractivity contribution in [3.63, 3.8) is 0 Å². The van der Waals surface area contributed by atoms with Crippen LogP contribution in [0.4, 0.5) is 33.3 Å². The van der Waals surface area contributed by atoms with E-state index in [0.29, 0.717) is 42.6 Å². The number of carbonyl (C=O) groups is 1. The van der Waals surface area contributed by atoms with Gasteiger partial charge in [-0.1, -0.05) is 24.6 Å². The highest BCUT2D eigenvalue weighted by atomic mass is 19.4. The number of aryl methyl sites for hydroxylation is 1. The molecule has 4 N–H and O–H groups in total. The standard InChI is InChI=1S/C31H39F5N2O3/c32-30(33,34)19-4-5-22-7-13-25(14-8-22)31(35,36)41-27-16-9-23(10-17-27)11-18-29(39)40-20-3-1-2-6-24-12-15-26(37)21-28(24)38/h9-12,15-18,21-22,25H,1-8,13-14,19-20,37-38H2. The fraction of sp³-hybridized carbons (Fsp3) is 0.516. The third-order valence-corrected chi connectivity index (χ3v) is 7.45. The predicted molar refractivity (Wildman–Crippen MR) is 150 cm³/mol. The molecule has 1 fully saturated rings. The van der Waals surface area contributed by atoms with Gasteiger partial charge in [0.1, 0.15) is 5.75 Å². The van der Waals surface area contributed by atoms with E-state index in [-0.39, 0.29) is 37.5 Å². The van der Waals surface area contributed by atoms with E-state index < -0.39 is 30.6 Å². The molecular weight excluding hydrogens is 543 g/mol. The van der Waals surface area contributed by atoms with Crippen LogP contribution in [0.1, 0.15) is 75.3 Å². The maximum atomic E-state index is 14.7. The van der Waals surface area contributed by atoms with E-state index >= 15 is 0 Å². The molecule has 1 saturated carbocycles. The highest BCUT2D eigenvalue weighted by Gasteiger charge is 2.44. The Labute approximate surface area is 238 Å². The number of unbranched alkanes of at least 4 members (excludes halogenated alkanes) is 2. The Balaban J connectivity index is 1.33. The molecule has 0 amide bonds. The number of nitrogens with two attached hydrogens (primary N) is 2. The van der Waals surface area contributed by atoms with Crippen LogP contribution >= 0.6 is 0 Å². The van der Waals surface area contributed by atoms with Crippen molar-refractivity contribution in [3.05, 3.63) is 59.7 Å². The second-order valence-electron chi connectivity index (χ2n) is 10.7. The SMILES string of the molecule is Nc1ccc(CCCCCOC(=O)C=Cc2ccc(OC(F)(F)C3CCC(CCCC(F)(F)F)CC3)cc2)c(N)c1. The molecule has 2 aromatic rings. The number of esters is 1.